The van der Waals surface area contributed by atoms with E-state index in [0.29, 0.717) is 15.1 Å². The zero-order valence-electron chi connectivity index (χ0n) is 19.1. The molecule has 3 aromatic heterocycles. The van der Waals surface area contributed by atoms with E-state index in [1.807, 2.05) is 51.1 Å². The lowest BCUT2D eigenvalue weighted by Crippen LogP contribution is -2.22. The van der Waals surface area contributed by atoms with Gasteiger partial charge in [0.2, 0.25) is 0 Å². The smallest absolute Gasteiger partial charge is 0.337 e. The number of aromatic nitrogens is 3. The van der Waals surface area contributed by atoms with E-state index in [1.165, 1.54) is 24.0 Å². The molecule has 0 aliphatic rings. The number of hydrogen-bond acceptors (Lipinski definition) is 5. The molecule has 0 saturated heterocycles. The van der Waals surface area contributed by atoms with Crippen LogP contribution in [0.4, 0.5) is 0 Å². The fraction of sp³-hybridized carbons (Fsp3) is 0.192. The molecule has 0 amide bonds. The fourth-order valence-electron chi connectivity index (χ4n) is 4.26. The first-order chi connectivity index (χ1) is 15.8. The van der Waals surface area contributed by atoms with Gasteiger partial charge in [-0.15, -0.1) is 0 Å². The minimum absolute atomic E-state index is 0.0482. The average Bonchev–Trinajstić information content (AvgIpc) is 3.39. The van der Waals surface area contributed by atoms with Gasteiger partial charge in [-0.05, 0) is 92.9 Å². The number of carbonyl (C=O) groups is 1. The Kier molecular flexibility index (Phi) is 4.94. The summed E-state index contributed by atoms with van der Waals surface area (Å²) in [7, 11) is 1.37. The van der Waals surface area contributed by atoms with Crippen molar-refractivity contribution < 1.29 is 9.53 Å². The Morgan fingerprint density at radius 1 is 1.03 bits per heavy atom. The van der Waals surface area contributed by atoms with Gasteiger partial charge in [-0.3, -0.25) is 4.79 Å². The number of esters is 1. The number of hydrogen-bond donors (Lipinski definition) is 0. The minimum Gasteiger partial charge on any atom is -0.465 e. The van der Waals surface area contributed by atoms with Gasteiger partial charge >= 0.3 is 5.97 Å². The van der Waals surface area contributed by atoms with Gasteiger partial charge < -0.3 is 9.30 Å². The molecule has 2 aromatic carbocycles. The Balaban J connectivity index is 1.62. The predicted octanol–water partition coefficient (Wildman–Crippen LogP) is 4.27. The first kappa shape index (κ1) is 21.2. The van der Waals surface area contributed by atoms with Gasteiger partial charge in [0.1, 0.15) is 0 Å². The Bertz CT molecular complexity index is 1670. The van der Waals surface area contributed by atoms with E-state index in [4.69, 9.17) is 4.74 Å². The van der Waals surface area contributed by atoms with Gasteiger partial charge in [-0.25, -0.2) is 14.2 Å². The second kappa shape index (κ2) is 7.71. The molecule has 3 heterocycles. The summed E-state index contributed by atoms with van der Waals surface area (Å²) in [4.78, 5) is 30.4. The summed E-state index contributed by atoms with van der Waals surface area (Å²) in [5.41, 5.74) is 8.43. The van der Waals surface area contributed by atoms with Crippen molar-refractivity contribution in [2.75, 3.05) is 7.11 Å². The van der Waals surface area contributed by atoms with Gasteiger partial charge in [0.25, 0.3) is 5.56 Å². The molecule has 166 valence electrons. The number of methoxy groups -OCH3 is 1. The molecule has 0 N–H and O–H groups in total. The lowest BCUT2D eigenvalue weighted by molar-refractivity contribution is 0.0600. The summed E-state index contributed by atoms with van der Waals surface area (Å²) >= 11 is 1.41. The second-order valence-corrected chi connectivity index (χ2v) is 9.28. The summed E-state index contributed by atoms with van der Waals surface area (Å²) in [5.74, 6) is -0.361. The third kappa shape index (κ3) is 3.36. The summed E-state index contributed by atoms with van der Waals surface area (Å²) in [6.45, 7) is 8.15. The Labute approximate surface area is 194 Å². The molecule has 0 spiro atoms. The highest BCUT2D eigenvalue weighted by atomic mass is 32.1. The molecule has 0 unspecified atom stereocenters. The predicted molar refractivity (Wildman–Crippen MR) is 132 cm³/mol. The molecule has 33 heavy (non-hydrogen) atoms. The molecular formula is C26H23N3O3S. The van der Waals surface area contributed by atoms with Crippen molar-refractivity contribution in [1.82, 2.24) is 14.0 Å². The topological polar surface area (TPSA) is 65.6 Å². The average molecular weight is 458 g/mol. The van der Waals surface area contributed by atoms with E-state index in [-0.39, 0.29) is 11.5 Å². The van der Waals surface area contributed by atoms with Crippen LogP contribution >= 0.6 is 11.3 Å². The largest absolute Gasteiger partial charge is 0.465 e. The molecule has 0 saturated carbocycles. The number of fused-ring (bicyclic) bond motifs is 3. The van der Waals surface area contributed by atoms with Crippen molar-refractivity contribution in [1.29, 1.82) is 0 Å². The van der Waals surface area contributed by atoms with Crippen LogP contribution in [-0.4, -0.2) is 27.0 Å². The van der Waals surface area contributed by atoms with Crippen LogP contribution in [0.3, 0.4) is 0 Å². The van der Waals surface area contributed by atoms with E-state index in [2.05, 4.69) is 22.5 Å². The van der Waals surface area contributed by atoms with E-state index in [9.17, 15) is 9.59 Å². The zero-order valence-corrected chi connectivity index (χ0v) is 19.9. The van der Waals surface area contributed by atoms with Crippen LogP contribution in [0, 0.1) is 27.7 Å². The molecule has 0 aliphatic heterocycles. The summed E-state index contributed by atoms with van der Waals surface area (Å²) in [5, 5.41) is 0. The molecule has 5 rings (SSSR count). The molecule has 0 bridgehead atoms. The van der Waals surface area contributed by atoms with Crippen molar-refractivity contribution in [2.45, 2.75) is 27.7 Å². The minimum atomic E-state index is -0.361. The van der Waals surface area contributed by atoms with Gasteiger partial charge in [0, 0.05) is 17.1 Å². The molecule has 0 aliphatic carbocycles. The number of aryl methyl sites for hydroxylation is 3. The number of carbonyl (C=O) groups excluding carboxylic acids is 1. The van der Waals surface area contributed by atoms with E-state index in [1.54, 1.807) is 16.5 Å². The van der Waals surface area contributed by atoms with Crippen LogP contribution < -0.4 is 10.1 Å². The van der Waals surface area contributed by atoms with E-state index >= 15 is 0 Å². The number of thiazole rings is 1. The molecule has 0 fully saturated rings. The molecule has 6 nitrogen and oxygen atoms in total. The maximum Gasteiger partial charge on any atom is 0.337 e. The maximum atomic E-state index is 13.3. The number of nitrogens with zero attached hydrogens (tertiary/aromatic N) is 3. The second-order valence-electron chi connectivity index (χ2n) is 8.27. The van der Waals surface area contributed by atoms with Crippen molar-refractivity contribution in [2.24, 2.45) is 0 Å². The first-order valence-electron chi connectivity index (χ1n) is 10.6. The monoisotopic (exact) mass is 457 g/mol. The molecule has 7 heteroatoms. The Hall–Kier alpha value is -3.71. The van der Waals surface area contributed by atoms with Crippen LogP contribution in [0.25, 0.3) is 27.8 Å². The molecule has 5 aromatic rings. The highest BCUT2D eigenvalue weighted by Crippen LogP contribution is 2.23. The summed E-state index contributed by atoms with van der Waals surface area (Å²) in [6.07, 6.45) is 1.94. The Morgan fingerprint density at radius 3 is 2.42 bits per heavy atom. The zero-order chi connectivity index (χ0) is 23.4. The number of rotatable bonds is 3. The summed E-state index contributed by atoms with van der Waals surface area (Å²) < 4.78 is 9.25. The van der Waals surface area contributed by atoms with Crippen molar-refractivity contribution in [3.8, 4) is 5.69 Å². The third-order valence-corrected chi connectivity index (χ3v) is 7.13. The van der Waals surface area contributed by atoms with Crippen LogP contribution in [-0.2, 0) is 4.74 Å². The van der Waals surface area contributed by atoms with Crippen LogP contribution in [0.15, 0.2) is 47.3 Å². The van der Waals surface area contributed by atoms with Gasteiger partial charge in [-0.2, -0.15) is 0 Å². The lowest BCUT2D eigenvalue weighted by Gasteiger charge is -2.10. The van der Waals surface area contributed by atoms with Gasteiger partial charge in [0.05, 0.1) is 28.2 Å². The van der Waals surface area contributed by atoms with Gasteiger partial charge in [-0.1, -0.05) is 11.3 Å². The Morgan fingerprint density at radius 2 is 1.73 bits per heavy atom. The fourth-order valence-corrected chi connectivity index (χ4v) is 5.23. The highest BCUT2D eigenvalue weighted by Gasteiger charge is 2.15. The van der Waals surface area contributed by atoms with Crippen molar-refractivity contribution in [3.05, 3.63) is 91.0 Å². The normalized spacial score (nSPS) is 12.2. The number of ether oxygens (including phenoxy) is 1. The van der Waals surface area contributed by atoms with Crippen LogP contribution in [0.5, 0.6) is 0 Å². The van der Waals surface area contributed by atoms with Crippen LogP contribution in [0.2, 0.25) is 0 Å². The lowest BCUT2D eigenvalue weighted by atomic mass is 10.1. The van der Waals surface area contributed by atoms with Crippen molar-refractivity contribution in [3.63, 3.8) is 0 Å². The number of imidazole rings is 1. The van der Waals surface area contributed by atoms with E-state index < -0.39 is 0 Å². The molecular weight excluding hydrogens is 434 g/mol. The quantitative estimate of drug-likeness (QED) is 0.380. The standard InChI is InChI=1S/C26H23N3O3S/c1-14-10-21-22(11-15(14)2)29-24(30)23(33-26(29)27-21)13-19-12-16(3)28(17(19)4)20-8-6-18(7-9-20)25(31)32-5/h6-13H,1-5H3/b23-13-. The maximum absolute atomic E-state index is 13.3. The van der Waals surface area contributed by atoms with Gasteiger partial charge in [0.15, 0.2) is 4.96 Å². The first-order valence-corrected chi connectivity index (χ1v) is 11.4. The number of benzene rings is 2. The van der Waals surface area contributed by atoms with Crippen molar-refractivity contribution >= 4 is 39.4 Å². The van der Waals surface area contributed by atoms with E-state index in [0.717, 1.165) is 39.2 Å². The highest BCUT2D eigenvalue weighted by molar-refractivity contribution is 7.15. The SMILES string of the molecule is COC(=O)c1ccc(-n2c(C)cc(/C=c3\sc4nc5cc(C)c(C)cc5n4c3=O)c2C)cc1. The third-order valence-electron chi connectivity index (χ3n) is 6.16. The molecule has 0 atom stereocenters. The molecule has 0 radical (unpaired) electrons. The van der Waals surface area contributed by atoms with Crippen LogP contribution in [0.1, 0.15) is 38.4 Å². The summed E-state index contributed by atoms with van der Waals surface area (Å²) in [6, 6.07) is 13.4.